The number of hydrogen-bond acceptors (Lipinski definition) is 4. The Labute approximate surface area is 165 Å². The van der Waals surface area contributed by atoms with Gasteiger partial charge in [0.25, 0.3) is 5.91 Å². The van der Waals surface area contributed by atoms with Gasteiger partial charge < -0.3 is 15.4 Å². The van der Waals surface area contributed by atoms with Crippen LogP contribution >= 0.6 is 0 Å². The van der Waals surface area contributed by atoms with E-state index in [1.807, 2.05) is 38.1 Å². The van der Waals surface area contributed by atoms with Crippen LogP contribution < -0.4 is 10.6 Å². The lowest BCUT2D eigenvalue weighted by Gasteiger charge is -2.17. The third kappa shape index (κ3) is 6.87. The monoisotopic (exact) mass is 382 g/mol. The third-order valence-corrected chi connectivity index (χ3v) is 4.21. The summed E-state index contributed by atoms with van der Waals surface area (Å²) in [5.41, 5.74) is 3.58. The first-order valence-electron chi connectivity index (χ1n) is 9.25. The lowest BCUT2D eigenvalue weighted by Crippen LogP contribution is -2.32. The predicted molar refractivity (Wildman–Crippen MR) is 108 cm³/mol. The van der Waals surface area contributed by atoms with Crippen molar-refractivity contribution in [3.63, 3.8) is 0 Å². The molecule has 2 aromatic rings. The second-order valence-electron chi connectivity index (χ2n) is 6.65. The molecule has 0 unspecified atom stereocenters. The Morgan fingerprint density at radius 3 is 2.21 bits per heavy atom. The van der Waals surface area contributed by atoms with Crippen LogP contribution in [0.3, 0.4) is 0 Å². The van der Waals surface area contributed by atoms with E-state index in [9.17, 15) is 14.4 Å². The fraction of sp³-hybridized carbons (Fsp3) is 0.318. The summed E-state index contributed by atoms with van der Waals surface area (Å²) >= 11 is 0. The number of nitrogens with one attached hydrogen (secondary N) is 2. The van der Waals surface area contributed by atoms with Crippen LogP contribution in [-0.2, 0) is 25.5 Å². The van der Waals surface area contributed by atoms with Gasteiger partial charge in [-0.2, -0.15) is 0 Å². The van der Waals surface area contributed by atoms with Gasteiger partial charge >= 0.3 is 5.97 Å². The summed E-state index contributed by atoms with van der Waals surface area (Å²) < 4.78 is 5.08. The second-order valence-corrected chi connectivity index (χ2v) is 6.65. The highest BCUT2D eigenvalue weighted by atomic mass is 16.5. The summed E-state index contributed by atoms with van der Waals surface area (Å²) in [6.45, 7) is 5.11. The van der Waals surface area contributed by atoms with E-state index in [0.717, 1.165) is 23.1 Å². The minimum Gasteiger partial charge on any atom is -0.455 e. The van der Waals surface area contributed by atoms with Crippen molar-refractivity contribution in [1.29, 1.82) is 0 Å². The molecule has 0 saturated carbocycles. The molecule has 0 aliphatic carbocycles. The summed E-state index contributed by atoms with van der Waals surface area (Å²) in [5, 5.41) is 5.55. The second kappa shape index (κ2) is 10.3. The molecule has 0 aliphatic rings. The fourth-order valence-electron chi connectivity index (χ4n) is 2.73. The van der Waals surface area contributed by atoms with Crippen LogP contribution in [0.15, 0.2) is 48.5 Å². The van der Waals surface area contributed by atoms with Crippen LogP contribution in [0.5, 0.6) is 0 Å². The van der Waals surface area contributed by atoms with Gasteiger partial charge in [0.1, 0.15) is 0 Å². The van der Waals surface area contributed by atoms with Crippen LogP contribution in [0, 0.1) is 6.92 Å². The molecule has 0 bridgehead atoms. The van der Waals surface area contributed by atoms with Crippen molar-refractivity contribution >= 4 is 23.5 Å². The molecule has 2 rings (SSSR count). The Morgan fingerprint density at radius 1 is 1.00 bits per heavy atom. The number of ether oxygens (including phenoxy) is 1. The number of aryl methyl sites for hydroxylation is 1. The molecule has 0 aliphatic heterocycles. The molecule has 2 aromatic carbocycles. The van der Waals surface area contributed by atoms with Gasteiger partial charge in [-0.3, -0.25) is 14.4 Å². The Morgan fingerprint density at radius 2 is 1.64 bits per heavy atom. The van der Waals surface area contributed by atoms with Crippen molar-refractivity contribution in [3.05, 3.63) is 65.2 Å². The molecule has 0 radical (unpaired) electrons. The maximum atomic E-state index is 12.1. The highest BCUT2D eigenvalue weighted by molar-refractivity contribution is 5.88. The van der Waals surface area contributed by atoms with Crippen molar-refractivity contribution in [2.75, 3.05) is 11.9 Å². The standard InChI is InChI=1S/C22H26N2O4/c1-4-20(18-9-5-15(2)6-10-18)24-21(26)14-28-22(27)13-17-7-11-19(12-8-17)23-16(3)25/h5-12,20H,4,13-14H2,1-3H3,(H,23,25)(H,24,26)/t20-/m1/s1. The van der Waals surface area contributed by atoms with Gasteiger partial charge in [0.05, 0.1) is 12.5 Å². The van der Waals surface area contributed by atoms with E-state index in [1.54, 1.807) is 24.3 Å². The van der Waals surface area contributed by atoms with Crippen molar-refractivity contribution in [2.45, 2.75) is 39.7 Å². The molecule has 0 fully saturated rings. The SMILES string of the molecule is CC[C@@H](NC(=O)COC(=O)Cc1ccc(NC(C)=O)cc1)c1ccc(C)cc1. The minimum absolute atomic E-state index is 0.0583. The number of esters is 1. The summed E-state index contributed by atoms with van der Waals surface area (Å²) in [6.07, 6.45) is 0.798. The first kappa shape index (κ1) is 21.2. The molecule has 148 valence electrons. The number of rotatable bonds is 8. The van der Waals surface area contributed by atoms with Gasteiger partial charge in [-0.05, 0) is 36.6 Å². The molecular formula is C22H26N2O4. The van der Waals surface area contributed by atoms with Crippen molar-refractivity contribution in [1.82, 2.24) is 5.32 Å². The fourth-order valence-corrected chi connectivity index (χ4v) is 2.73. The first-order chi connectivity index (χ1) is 13.4. The van der Waals surface area contributed by atoms with E-state index in [0.29, 0.717) is 5.69 Å². The molecule has 28 heavy (non-hydrogen) atoms. The van der Waals surface area contributed by atoms with E-state index < -0.39 is 5.97 Å². The maximum absolute atomic E-state index is 12.1. The highest BCUT2D eigenvalue weighted by Gasteiger charge is 2.14. The largest absolute Gasteiger partial charge is 0.455 e. The predicted octanol–water partition coefficient (Wildman–Crippen LogP) is 3.31. The smallest absolute Gasteiger partial charge is 0.310 e. The first-order valence-corrected chi connectivity index (χ1v) is 9.25. The number of hydrogen-bond donors (Lipinski definition) is 2. The van der Waals surface area contributed by atoms with E-state index in [4.69, 9.17) is 4.74 Å². The third-order valence-electron chi connectivity index (χ3n) is 4.21. The summed E-state index contributed by atoms with van der Waals surface area (Å²) in [6, 6.07) is 14.7. The summed E-state index contributed by atoms with van der Waals surface area (Å²) in [7, 11) is 0. The average Bonchev–Trinajstić information content (AvgIpc) is 2.66. The normalized spacial score (nSPS) is 11.4. The van der Waals surface area contributed by atoms with Crippen LogP contribution in [0.25, 0.3) is 0 Å². The highest BCUT2D eigenvalue weighted by Crippen LogP contribution is 2.17. The van der Waals surface area contributed by atoms with E-state index in [-0.39, 0.29) is 30.9 Å². The Hall–Kier alpha value is -3.15. The van der Waals surface area contributed by atoms with Crippen LogP contribution in [-0.4, -0.2) is 24.4 Å². The van der Waals surface area contributed by atoms with E-state index in [1.165, 1.54) is 6.92 Å². The Balaban J connectivity index is 1.80. The Kier molecular flexibility index (Phi) is 7.75. The van der Waals surface area contributed by atoms with Crippen LogP contribution in [0.2, 0.25) is 0 Å². The zero-order chi connectivity index (χ0) is 20.5. The Bertz CT molecular complexity index is 813. The molecule has 0 aromatic heterocycles. The zero-order valence-corrected chi connectivity index (χ0v) is 16.5. The van der Waals surface area contributed by atoms with Gasteiger partial charge in [-0.25, -0.2) is 0 Å². The molecule has 0 saturated heterocycles. The van der Waals surface area contributed by atoms with Crippen molar-refractivity contribution in [3.8, 4) is 0 Å². The minimum atomic E-state index is -0.481. The lowest BCUT2D eigenvalue weighted by molar-refractivity contribution is -0.148. The molecule has 6 nitrogen and oxygen atoms in total. The molecule has 6 heteroatoms. The quantitative estimate of drug-likeness (QED) is 0.686. The van der Waals surface area contributed by atoms with Gasteiger partial charge in [0, 0.05) is 12.6 Å². The number of carbonyl (C=O) groups is 3. The van der Waals surface area contributed by atoms with Gasteiger partial charge in [0.15, 0.2) is 6.61 Å². The number of carbonyl (C=O) groups excluding carboxylic acids is 3. The molecular weight excluding hydrogens is 356 g/mol. The molecule has 0 spiro atoms. The van der Waals surface area contributed by atoms with E-state index in [2.05, 4.69) is 10.6 Å². The number of anilines is 1. The number of benzene rings is 2. The van der Waals surface area contributed by atoms with Crippen molar-refractivity contribution in [2.24, 2.45) is 0 Å². The van der Waals surface area contributed by atoms with Crippen LogP contribution in [0.4, 0.5) is 5.69 Å². The van der Waals surface area contributed by atoms with Crippen molar-refractivity contribution < 1.29 is 19.1 Å². The molecule has 2 N–H and O–H groups in total. The van der Waals surface area contributed by atoms with Gasteiger partial charge in [0.2, 0.25) is 5.91 Å². The van der Waals surface area contributed by atoms with E-state index >= 15 is 0 Å². The summed E-state index contributed by atoms with van der Waals surface area (Å²) in [4.78, 5) is 35.1. The van der Waals surface area contributed by atoms with Crippen LogP contribution in [0.1, 0.15) is 43.0 Å². The van der Waals surface area contributed by atoms with Gasteiger partial charge in [-0.15, -0.1) is 0 Å². The zero-order valence-electron chi connectivity index (χ0n) is 16.5. The molecule has 0 heterocycles. The summed E-state index contributed by atoms with van der Waals surface area (Å²) in [5.74, 6) is -0.971. The molecule has 2 amide bonds. The number of amides is 2. The average molecular weight is 382 g/mol. The van der Waals surface area contributed by atoms with Gasteiger partial charge in [-0.1, -0.05) is 48.9 Å². The topological polar surface area (TPSA) is 84.5 Å². The molecule has 1 atom stereocenters. The maximum Gasteiger partial charge on any atom is 0.310 e. The lowest BCUT2D eigenvalue weighted by atomic mass is 10.0.